The molecule has 0 spiro atoms. The summed E-state index contributed by atoms with van der Waals surface area (Å²) >= 11 is 3.18. The summed E-state index contributed by atoms with van der Waals surface area (Å²) < 4.78 is 4.94. The smallest absolute Gasteiger partial charge is 0.330 e. The number of hydrogen-bond acceptors (Lipinski definition) is 4. The van der Waals surface area contributed by atoms with E-state index < -0.39 is 10.9 Å². The second-order valence-corrected chi connectivity index (χ2v) is 3.64. The van der Waals surface area contributed by atoms with Crippen LogP contribution in [0.5, 0.6) is 0 Å². The first kappa shape index (κ1) is 12.4. The molecule has 0 saturated heterocycles. The number of hydrogen-bond donors (Lipinski definition) is 0. The van der Waals surface area contributed by atoms with Crippen molar-refractivity contribution in [3.63, 3.8) is 0 Å². The molecule has 0 amide bonds. The summed E-state index contributed by atoms with van der Waals surface area (Å²) in [5.41, 5.74) is 0.257. The summed E-state index contributed by atoms with van der Waals surface area (Å²) in [5.74, 6) is -0.565. The van der Waals surface area contributed by atoms with Crippen molar-refractivity contribution in [2.24, 2.45) is 0 Å². The highest BCUT2D eigenvalue weighted by Gasteiger charge is 2.13. The molecule has 1 aromatic carbocycles. The highest BCUT2D eigenvalue weighted by Crippen LogP contribution is 2.27. The Bertz CT molecular complexity index is 456. The first-order valence-electron chi connectivity index (χ1n) is 4.25. The van der Waals surface area contributed by atoms with Crippen LogP contribution >= 0.6 is 15.9 Å². The van der Waals surface area contributed by atoms with Gasteiger partial charge in [-0.15, -0.1) is 0 Å². The Balaban J connectivity index is 3.16. The maximum absolute atomic E-state index is 10.9. The average molecular weight is 286 g/mol. The molecule has 16 heavy (non-hydrogen) atoms. The third-order valence-corrected chi connectivity index (χ3v) is 2.51. The van der Waals surface area contributed by atoms with E-state index in [1.165, 1.54) is 19.3 Å². The molecule has 0 bridgehead atoms. The number of halogens is 1. The van der Waals surface area contributed by atoms with Crippen LogP contribution in [0.3, 0.4) is 0 Å². The van der Waals surface area contributed by atoms with E-state index in [9.17, 15) is 14.9 Å². The van der Waals surface area contributed by atoms with Crippen molar-refractivity contribution in [3.05, 3.63) is 44.4 Å². The summed E-state index contributed by atoms with van der Waals surface area (Å²) in [6.45, 7) is 0. The second-order valence-electron chi connectivity index (χ2n) is 2.79. The minimum Gasteiger partial charge on any atom is -0.466 e. The molecule has 0 fully saturated rings. The maximum atomic E-state index is 10.9. The number of methoxy groups -OCH3 is 1. The van der Waals surface area contributed by atoms with E-state index in [0.717, 1.165) is 6.08 Å². The quantitative estimate of drug-likeness (QED) is 0.370. The predicted molar refractivity (Wildman–Crippen MR) is 61.8 cm³/mol. The first-order chi connectivity index (χ1) is 7.56. The molecule has 6 heteroatoms. The van der Waals surface area contributed by atoms with Gasteiger partial charge in [-0.3, -0.25) is 10.1 Å². The van der Waals surface area contributed by atoms with E-state index in [0.29, 0.717) is 10.0 Å². The third-order valence-electron chi connectivity index (χ3n) is 1.81. The Morgan fingerprint density at radius 1 is 1.56 bits per heavy atom. The summed E-state index contributed by atoms with van der Waals surface area (Å²) in [6.07, 6.45) is 2.47. The molecule has 0 unspecified atom stereocenters. The standard InChI is InChI=1S/C10H8BrNO4/c1-16-10(13)6-5-7-8(11)3-2-4-9(7)12(14)15/h2-6H,1H3/b6-5+. The summed E-state index contributed by atoms with van der Waals surface area (Å²) in [7, 11) is 1.24. The second kappa shape index (κ2) is 5.41. The highest BCUT2D eigenvalue weighted by molar-refractivity contribution is 9.10. The Kier molecular flexibility index (Phi) is 4.19. The number of carbonyl (C=O) groups excluding carboxylic acids is 1. The van der Waals surface area contributed by atoms with Gasteiger partial charge >= 0.3 is 5.97 Å². The molecule has 5 nitrogen and oxygen atoms in total. The summed E-state index contributed by atoms with van der Waals surface area (Å²) in [5, 5.41) is 10.7. The Morgan fingerprint density at radius 2 is 2.25 bits per heavy atom. The molecular weight excluding hydrogens is 278 g/mol. The van der Waals surface area contributed by atoms with Gasteiger partial charge in [-0.25, -0.2) is 4.79 Å². The molecule has 0 aliphatic carbocycles. The summed E-state index contributed by atoms with van der Waals surface area (Å²) in [4.78, 5) is 21.1. The predicted octanol–water partition coefficient (Wildman–Crippen LogP) is 2.54. The van der Waals surface area contributed by atoms with E-state index in [4.69, 9.17) is 0 Å². The van der Waals surface area contributed by atoms with Crippen molar-refractivity contribution < 1.29 is 14.5 Å². The molecule has 1 aromatic rings. The van der Waals surface area contributed by atoms with Crippen molar-refractivity contribution in [1.29, 1.82) is 0 Å². The molecule has 0 heterocycles. The zero-order chi connectivity index (χ0) is 12.1. The van der Waals surface area contributed by atoms with E-state index in [1.807, 2.05) is 0 Å². The van der Waals surface area contributed by atoms with Gasteiger partial charge in [0.05, 0.1) is 17.6 Å². The fourth-order valence-electron chi connectivity index (χ4n) is 1.07. The number of rotatable bonds is 3. The fourth-order valence-corrected chi connectivity index (χ4v) is 1.56. The largest absolute Gasteiger partial charge is 0.466 e. The van der Waals surface area contributed by atoms with Crippen molar-refractivity contribution in [2.75, 3.05) is 7.11 Å². The lowest BCUT2D eigenvalue weighted by atomic mass is 10.1. The number of carbonyl (C=O) groups is 1. The minimum absolute atomic E-state index is 0.0745. The average Bonchev–Trinajstić information content (AvgIpc) is 2.26. The number of benzene rings is 1. The van der Waals surface area contributed by atoms with Gasteiger partial charge < -0.3 is 4.74 Å². The number of nitro groups is 1. The normalized spacial score (nSPS) is 10.4. The minimum atomic E-state index is -0.565. The van der Waals surface area contributed by atoms with Gasteiger partial charge in [0.25, 0.3) is 5.69 Å². The van der Waals surface area contributed by atoms with Crippen LogP contribution in [0.2, 0.25) is 0 Å². The Hall–Kier alpha value is -1.69. The van der Waals surface area contributed by atoms with Crippen LogP contribution in [-0.2, 0) is 9.53 Å². The summed E-state index contributed by atoms with van der Waals surface area (Å²) in [6, 6.07) is 4.57. The van der Waals surface area contributed by atoms with Crippen LogP contribution < -0.4 is 0 Å². The van der Waals surface area contributed by atoms with Crippen LogP contribution in [0.4, 0.5) is 5.69 Å². The van der Waals surface area contributed by atoms with E-state index in [-0.39, 0.29) is 5.69 Å². The fraction of sp³-hybridized carbons (Fsp3) is 0.100. The number of nitrogens with zero attached hydrogens (tertiary/aromatic N) is 1. The zero-order valence-electron chi connectivity index (χ0n) is 8.34. The Morgan fingerprint density at radius 3 is 2.81 bits per heavy atom. The molecule has 0 aromatic heterocycles. The van der Waals surface area contributed by atoms with Gasteiger partial charge in [-0.05, 0) is 28.1 Å². The van der Waals surface area contributed by atoms with Crippen molar-refractivity contribution >= 4 is 33.7 Å². The topological polar surface area (TPSA) is 69.4 Å². The molecule has 0 aliphatic heterocycles. The van der Waals surface area contributed by atoms with E-state index in [2.05, 4.69) is 20.7 Å². The molecule has 0 saturated carbocycles. The number of ether oxygens (including phenoxy) is 1. The van der Waals surface area contributed by atoms with Crippen LogP contribution in [-0.4, -0.2) is 18.0 Å². The Labute approximate surface area is 100.0 Å². The number of nitro benzene ring substituents is 1. The lowest BCUT2D eigenvalue weighted by Gasteiger charge is -1.99. The van der Waals surface area contributed by atoms with Gasteiger partial charge in [0.15, 0.2) is 0 Å². The SMILES string of the molecule is COC(=O)/C=C/c1c(Br)cccc1[N+](=O)[O-]. The molecule has 0 radical (unpaired) electrons. The van der Waals surface area contributed by atoms with Crippen molar-refractivity contribution in [3.8, 4) is 0 Å². The molecule has 1 rings (SSSR count). The van der Waals surface area contributed by atoms with E-state index in [1.54, 1.807) is 12.1 Å². The van der Waals surface area contributed by atoms with E-state index >= 15 is 0 Å². The molecule has 0 aliphatic rings. The van der Waals surface area contributed by atoms with Crippen molar-refractivity contribution in [2.45, 2.75) is 0 Å². The van der Waals surface area contributed by atoms with Gasteiger partial charge in [0, 0.05) is 16.6 Å². The van der Waals surface area contributed by atoms with Gasteiger partial charge in [0.2, 0.25) is 0 Å². The molecule has 0 N–H and O–H groups in total. The van der Waals surface area contributed by atoms with Gasteiger partial charge in [-0.2, -0.15) is 0 Å². The van der Waals surface area contributed by atoms with Crippen LogP contribution in [0.15, 0.2) is 28.7 Å². The zero-order valence-corrected chi connectivity index (χ0v) is 9.93. The van der Waals surface area contributed by atoms with Crippen LogP contribution in [0.25, 0.3) is 6.08 Å². The lowest BCUT2D eigenvalue weighted by molar-refractivity contribution is -0.385. The first-order valence-corrected chi connectivity index (χ1v) is 5.04. The van der Waals surface area contributed by atoms with Crippen LogP contribution in [0, 0.1) is 10.1 Å². The van der Waals surface area contributed by atoms with Gasteiger partial charge in [0.1, 0.15) is 0 Å². The third kappa shape index (κ3) is 2.90. The van der Waals surface area contributed by atoms with Crippen LogP contribution in [0.1, 0.15) is 5.56 Å². The molecule has 84 valence electrons. The van der Waals surface area contributed by atoms with Gasteiger partial charge in [-0.1, -0.05) is 6.07 Å². The van der Waals surface area contributed by atoms with Crippen molar-refractivity contribution in [1.82, 2.24) is 0 Å². The monoisotopic (exact) mass is 285 g/mol. The molecule has 0 atom stereocenters. The number of esters is 1. The maximum Gasteiger partial charge on any atom is 0.330 e. The molecular formula is C10H8BrNO4. The highest BCUT2D eigenvalue weighted by atomic mass is 79.9. The lowest BCUT2D eigenvalue weighted by Crippen LogP contribution is -1.95.